The number of H-pyrrole nitrogens is 1. The molecule has 1 saturated heterocycles. The number of aromatic hydroxyl groups is 1. The zero-order chi connectivity index (χ0) is 27.1. The first-order valence-corrected chi connectivity index (χ1v) is 13.7. The van der Waals surface area contributed by atoms with Crippen LogP contribution in [0.4, 0.5) is 5.69 Å². The summed E-state index contributed by atoms with van der Waals surface area (Å²) in [7, 11) is 0. The van der Waals surface area contributed by atoms with E-state index in [0.717, 1.165) is 32.9 Å². The first-order valence-electron chi connectivity index (χ1n) is 12.9. The number of carbonyl (C=O) groups excluding carboxylic acids is 3. The number of benzene rings is 1. The van der Waals surface area contributed by atoms with Crippen molar-refractivity contribution in [1.29, 1.82) is 0 Å². The van der Waals surface area contributed by atoms with E-state index in [-0.39, 0.29) is 46.6 Å². The molecule has 0 radical (unpaired) electrons. The molecule has 0 aliphatic carbocycles. The Morgan fingerprint density at radius 3 is 2.19 bits per heavy atom. The van der Waals surface area contributed by atoms with Crippen molar-refractivity contribution in [2.45, 2.75) is 64.2 Å². The van der Waals surface area contributed by atoms with Crippen LogP contribution in [-0.2, 0) is 20.8 Å². The number of thioether (sulfide) groups is 1. The number of hydrogen-bond donors (Lipinski definition) is 2. The van der Waals surface area contributed by atoms with Crippen LogP contribution in [0.15, 0.2) is 29.3 Å². The Hall–Kier alpha value is -2.94. The van der Waals surface area contributed by atoms with Gasteiger partial charge in [-0.25, -0.2) is 0 Å². The van der Waals surface area contributed by atoms with E-state index in [0.29, 0.717) is 26.2 Å². The number of imide groups is 1. The molecule has 1 fully saturated rings. The predicted molar refractivity (Wildman–Crippen MR) is 148 cm³/mol. The van der Waals surface area contributed by atoms with Gasteiger partial charge in [-0.05, 0) is 29.5 Å². The van der Waals surface area contributed by atoms with Gasteiger partial charge in [-0.15, -0.1) is 11.8 Å². The molecule has 2 aliphatic rings. The van der Waals surface area contributed by atoms with E-state index in [1.807, 2.05) is 17.8 Å². The molecule has 0 saturated carbocycles. The summed E-state index contributed by atoms with van der Waals surface area (Å²) in [5, 5.41) is 13.2. The van der Waals surface area contributed by atoms with E-state index in [1.165, 1.54) is 17.7 Å². The third-order valence-electron chi connectivity index (χ3n) is 6.51. The fourth-order valence-corrected chi connectivity index (χ4v) is 5.96. The Bertz CT molecular complexity index is 1230. The molecule has 200 valence electrons. The lowest BCUT2D eigenvalue weighted by atomic mass is 9.88. The van der Waals surface area contributed by atoms with Crippen molar-refractivity contribution in [3.05, 3.63) is 29.8 Å². The van der Waals surface area contributed by atoms with E-state index >= 15 is 0 Å². The molecule has 2 aliphatic heterocycles. The van der Waals surface area contributed by atoms with Crippen molar-refractivity contribution in [1.82, 2.24) is 14.8 Å². The van der Waals surface area contributed by atoms with Crippen LogP contribution in [0.3, 0.4) is 0 Å². The van der Waals surface area contributed by atoms with Crippen molar-refractivity contribution in [2.75, 3.05) is 37.6 Å². The van der Waals surface area contributed by atoms with Gasteiger partial charge in [0.2, 0.25) is 5.91 Å². The molecular weight excluding hydrogens is 488 g/mol. The average molecular weight is 527 g/mol. The maximum atomic E-state index is 12.8. The predicted octanol–water partition coefficient (Wildman–Crippen LogP) is 4.32. The van der Waals surface area contributed by atoms with Crippen molar-refractivity contribution in [3.63, 3.8) is 0 Å². The van der Waals surface area contributed by atoms with Crippen LogP contribution in [0, 0.1) is 5.41 Å². The smallest absolute Gasteiger partial charge is 0.253 e. The standard InChI is InChI=1S/C28H38N4O4S/c1-27(2,3)17-19-18-7-8-20(33)25(24(18)29-26(19)37-28(4,5)6)31-15-13-30(14-16-31)21(34)11-12-32-22(35)9-10-23(32)36/h7-10,29,33H,11-17H2,1-6H3. The number of phenols is 1. The third-order valence-corrected chi connectivity index (χ3v) is 7.67. The van der Waals surface area contributed by atoms with Crippen molar-refractivity contribution >= 4 is 46.1 Å². The van der Waals surface area contributed by atoms with Crippen LogP contribution in [0.2, 0.25) is 0 Å². The lowest BCUT2D eigenvalue weighted by molar-refractivity contribution is -0.138. The first kappa shape index (κ1) is 27.1. The molecule has 1 aromatic carbocycles. The average Bonchev–Trinajstić information content (AvgIpc) is 3.28. The van der Waals surface area contributed by atoms with Gasteiger partial charge in [0.15, 0.2) is 0 Å². The lowest BCUT2D eigenvalue weighted by Gasteiger charge is -2.36. The number of nitrogens with one attached hydrogen (secondary N) is 1. The molecule has 3 heterocycles. The number of rotatable bonds is 6. The SMILES string of the molecule is CC(C)(C)Cc1c(SC(C)(C)C)[nH]c2c(N3CCN(C(=O)CCN4C(=O)C=CC4=O)CC3)c(O)ccc12. The lowest BCUT2D eigenvalue weighted by Crippen LogP contribution is -2.49. The van der Waals surface area contributed by atoms with Crippen LogP contribution in [0.5, 0.6) is 5.75 Å². The van der Waals surface area contributed by atoms with Gasteiger partial charge in [-0.1, -0.05) is 41.5 Å². The molecule has 2 N–H and O–H groups in total. The molecule has 8 nitrogen and oxygen atoms in total. The molecule has 2 aromatic rings. The molecular formula is C28H38N4O4S. The molecule has 0 bridgehead atoms. The van der Waals surface area contributed by atoms with Gasteiger partial charge in [0, 0.05) is 61.4 Å². The number of fused-ring (bicyclic) bond motifs is 1. The fourth-order valence-electron chi connectivity index (χ4n) is 4.89. The Labute approximate surface area is 223 Å². The molecule has 4 rings (SSSR count). The first-order chi connectivity index (χ1) is 17.2. The molecule has 3 amide bonds. The highest BCUT2D eigenvalue weighted by atomic mass is 32.2. The van der Waals surface area contributed by atoms with Gasteiger partial charge >= 0.3 is 0 Å². The molecule has 0 spiro atoms. The largest absolute Gasteiger partial charge is 0.506 e. The minimum absolute atomic E-state index is 0.0298. The van der Waals surface area contributed by atoms with E-state index in [2.05, 4.69) is 51.4 Å². The Morgan fingerprint density at radius 1 is 1.00 bits per heavy atom. The van der Waals surface area contributed by atoms with Gasteiger partial charge in [0.1, 0.15) is 11.4 Å². The van der Waals surface area contributed by atoms with Crippen molar-refractivity contribution in [2.24, 2.45) is 5.41 Å². The molecule has 1 aromatic heterocycles. The molecule has 9 heteroatoms. The summed E-state index contributed by atoms with van der Waals surface area (Å²) in [5.74, 6) is -0.591. The molecule has 0 atom stereocenters. The second-order valence-corrected chi connectivity index (χ2v) is 13.9. The van der Waals surface area contributed by atoms with Crippen LogP contribution in [-0.4, -0.2) is 75.1 Å². The minimum atomic E-state index is -0.369. The molecule has 0 unspecified atom stereocenters. The highest BCUT2D eigenvalue weighted by Crippen LogP contribution is 2.44. The highest BCUT2D eigenvalue weighted by Gasteiger charge is 2.29. The summed E-state index contributed by atoms with van der Waals surface area (Å²) in [5.41, 5.74) is 3.09. The van der Waals surface area contributed by atoms with Crippen LogP contribution < -0.4 is 4.90 Å². The normalized spacial score (nSPS) is 17.0. The minimum Gasteiger partial charge on any atom is -0.506 e. The van der Waals surface area contributed by atoms with Gasteiger partial charge in [-0.3, -0.25) is 19.3 Å². The number of aromatic amines is 1. The highest BCUT2D eigenvalue weighted by molar-refractivity contribution is 8.00. The summed E-state index contributed by atoms with van der Waals surface area (Å²) in [6.07, 6.45) is 3.49. The van der Waals surface area contributed by atoms with Crippen molar-refractivity contribution < 1.29 is 19.5 Å². The number of piperazine rings is 1. The summed E-state index contributed by atoms with van der Waals surface area (Å²) in [4.78, 5) is 44.9. The Morgan fingerprint density at radius 2 is 1.62 bits per heavy atom. The summed E-state index contributed by atoms with van der Waals surface area (Å²) >= 11 is 1.81. The summed E-state index contributed by atoms with van der Waals surface area (Å²) in [6.45, 7) is 15.6. The van der Waals surface area contributed by atoms with E-state index in [4.69, 9.17) is 0 Å². The quantitative estimate of drug-likeness (QED) is 0.430. The van der Waals surface area contributed by atoms with Gasteiger partial charge in [-0.2, -0.15) is 0 Å². The Kier molecular flexibility index (Phi) is 7.38. The number of nitrogens with zero attached hydrogens (tertiary/aromatic N) is 3. The van der Waals surface area contributed by atoms with Gasteiger partial charge in [0.25, 0.3) is 11.8 Å². The van der Waals surface area contributed by atoms with E-state index in [9.17, 15) is 19.5 Å². The molecule has 37 heavy (non-hydrogen) atoms. The Balaban J connectivity index is 1.52. The van der Waals surface area contributed by atoms with Crippen LogP contribution in [0.1, 0.15) is 53.5 Å². The van der Waals surface area contributed by atoms with Gasteiger partial charge < -0.3 is 19.9 Å². The number of phenolic OH excluding ortho intramolecular Hbond substituents is 1. The maximum absolute atomic E-state index is 12.8. The number of aromatic nitrogens is 1. The number of hydrogen-bond acceptors (Lipinski definition) is 6. The zero-order valence-electron chi connectivity index (χ0n) is 22.7. The van der Waals surface area contributed by atoms with Crippen LogP contribution >= 0.6 is 11.8 Å². The second-order valence-electron chi connectivity index (χ2n) is 12.0. The third kappa shape index (κ3) is 6.14. The number of carbonyl (C=O) groups is 3. The topological polar surface area (TPSA) is 97.0 Å². The number of amides is 3. The summed E-state index contributed by atoms with van der Waals surface area (Å²) < 4.78 is 0.0298. The summed E-state index contributed by atoms with van der Waals surface area (Å²) in [6, 6.07) is 3.78. The van der Waals surface area contributed by atoms with Crippen LogP contribution in [0.25, 0.3) is 10.9 Å². The second kappa shape index (κ2) is 10.1. The maximum Gasteiger partial charge on any atom is 0.253 e. The zero-order valence-corrected chi connectivity index (χ0v) is 23.5. The van der Waals surface area contributed by atoms with E-state index < -0.39 is 0 Å². The van der Waals surface area contributed by atoms with Crippen molar-refractivity contribution in [3.8, 4) is 5.75 Å². The number of anilines is 1. The van der Waals surface area contributed by atoms with E-state index in [1.54, 1.807) is 11.0 Å². The monoisotopic (exact) mass is 526 g/mol. The van der Waals surface area contributed by atoms with Gasteiger partial charge in [0.05, 0.1) is 10.5 Å². The fraction of sp³-hybridized carbons (Fsp3) is 0.536.